The van der Waals surface area contributed by atoms with Crippen LogP contribution in [0.15, 0.2) is 64.5 Å². The van der Waals surface area contributed by atoms with Crippen molar-refractivity contribution >= 4 is 5.78 Å². The minimum atomic E-state index is -0.0146. The second-order valence-corrected chi connectivity index (χ2v) is 10.8. The molecule has 1 fully saturated rings. The molecule has 5 rings (SSSR count). The van der Waals surface area contributed by atoms with E-state index in [1.54, 1.807) is 6.92 Å². The van der Waals surface area contributed by atoms with E-state index < -0.39 is 0 Å². The van der Waals surface area contributed by atoms with Gasteiger partial charge in [-0.2, -0.15) is 0 Å². The third-order valence-electron chi connectivity index (χ3n) is 8.18. The highest BCUT2D eigenvalue weighted by atomic mass is 16.3. The molecule has 4 unspecified atom stereocenters. The molecule has 0 N–H and O–H groups in total. The van der Waals surface area contributed by atoms with Gasteiger partial charge < -0.3 is 5.11 Å². The molecular formula is C31H37O2-. The molecule has 0 bridgehead atoms. The van der Waals surface area contributed by atoms with Crippen molar-refractivity contribution in [1.29, 1.82) is 0 Å². The Balaban J connectivity index is 0.000000172. The van der Waals surface area contributed by atoms with Crippen molar-refractivity contribution in [1.82, 2.24) is 0 Å². The fourth-order valence-corrected chi connectivity index (χ4v) is 6.04. The normalized spacial score (nSPS) is 29.2. The Hall–Kier alpha value is -2.61. The molecule has 5 aliphatic carbocycles. The summed E-state index contributed by atoms with van der Waals surface area (Å²) in [7, 11) is 0. The van der Waals surface area contributed by atoms with Crippen LogP contribution in [0.5, 0.6) is 0 Å². The highest BCUT2D eigenvalue weighted by molar-refractivity contribution is 6.19. The van der Waals surface area contributed by atoms with Gasteiger partial charge in [-0.05, 0) is 105 Å². The maximum absolute atomic E-state index is 12.1. The van der Waals surface area contributed by atoms with Gasteiger partial charge in [0.25, 0.3) is 0 Å². The second kappa shape index (κ2) is 8.97. The summed E-state index contributed by atoms with van der Waals surface area (Å²) in [6, 6.07) is 11.0. The van der Waals surface area contributed by atoms with Crippen LogP contribution in [0.3, 0.4) is 0 Å². The first-order chi connectivity index (χ1) is 15.6. The quantitative estimate of drug-likeness (QED) is 0.419. The highest BCUT2D eigenvalue weighted by Crippen LogP contribution is 2.50. The minimum Gasteiger partial charge on any atom is -0.872 e. The molecule has 2 nitrogen and oxygen atoms in total. The highest BCUT2D eigenvalue weighted by Gasteiger charge is 2.41. The van der Waals surface area contributed by atoms with Crippen molar-refractivity contribution in [3.63, 3.8) is 0 Å². The van der Waals surface area contributed by atoms with Crippen molar-refractivity contribution < 1.29 is 9.90 Å². The lowest BCUT2D eigenvalue weighted by molar-refractivity contribution is -0.301. The molecule has 0 aromatic carbocycles. The molecular weight excluding hydrogens is 404 g/mol. The van der Waals surface area contributed by atoms with Crippen LogP contribution in [0, 0.1) is 44.4 Å². The largest absolute Gasteiger partial charge is 0.872 e. The number of hydrogen-bond acceptors (Lipinski definition) is 2. The van der Waals surface area contributed by atoms with Gasteiger partial charge >= 0.3 is 0 Å². The van der Waals surface area contributed by atoms with E-state index in [4.69, 9.17) is 0 Å². The summed E-state index contributed by atoms with van der Waals surface area (Å²) in [5.41, 5.74) is 10.1. The summed E-state index contributed by atoms with van der Waals surface area (Å²) in [6.07, 6.45) is 5.79. The predicted molar refractivity (Wildman–Crippen MR) is 135 cm³/mol. The number of carbonyl (C=O) groups is 1. The summed E-state index contributed by atoms with van der Waals surface area (Å²) >= 11 is 0. The first-order valence-electron chi connectivity index (χ1n) is 12.4. The van der Waals surface area contributed by atoms with Gasteiger partial charge in [0.05, 0.1) is 0 Å². The van der Waals surface area contributed by atoms with Gasteiger partial charge in [0.15, 0.2) is 5.78 Å². The Morgan fingerprint density at radius 1 is 0.879 bits per heavy atom. The summed E-state index contributed by atoms with van der Waals surface area (Å²) in [6.45, 7) is 14.9. The molecule has 4 atom stereocenters. The summed E-state index contributed by atoms with van der Waals surface area (Å²) < 4.78 is 0. The standard InChI is InChI=1S/C18H24O2.C13H14/c1-9-5-6-10(2)15-13(7-9)11(3)8-14(15)16-17(19)12(4)18(16)20;1-9-4-5-10(2)12-7-6-11(3)13(12)8-9/h8-10,13,15,19H,5-7H2,1-4H3;4-8H,1-3H3/p-1. The monoisotopic (exact) mass is 441 g/mol. The lowest BCUT2D eigenvalue weighted by atomic mass is 9.74. The number of hydrogen-bond donors (Lipinski definition) is 0. The van der Waals surface area contributed by atoms with E-state index in [2.05, 4.69) is 78.0 Å². The maximum atomic E-state index is 12.1. The van der Waals surface area contributed by atoms with E-state index in [-0.39, 0.29) is 11.5 Å². The van der Waals surface area contributed by atoms with E-state index in [1.165, 1.54) is 52.7 Å². The van der Waals surface area contributed by atoms with E-state index in [1.807, 2.05) is 0 Å². The van der Waals surface area contributed by atoms with Crippen molar-refractivity contribution in [2.24, 2.45) is 23.7 Å². The van der Waals surface area contributed by atoms with Gasteiger partial charge in [-0.3, -0.25) is 4.79 Å². The van der Waals surface area contributed by atoms with Crippen LogP contribution in [-0.2, 0) is 4.79 Å². The number of rotatable bonds is 0. The zero-order valence-electron chi connectivity index (χ0n) is 21.2. The maximum Gasteiger partial charge on any atom is 0.187 e. The van der Waals surface area contributed by atoms with Crippen molar-refractivity contribution in [3.8, 4) is 11.1 Å². The third kappa shape index (κ3) is 4.21. The van der Waals surface area contributed by atoms with E-state index in [0.29, 0.717) is 28.9 Å². The van der Waals surface area contributed by atoms with Gasteiger partial charge in [-0.1, -0.05) is 73.6 Å². The molecule has 33 heavy (non-hydrogen) atoms. The Labute approximate surface area is 199 Å². The average molecular weight is 442 g/mol. The summed E-state index contributed by atoms with van der Waals surface area (Å²) in [5, 5.41) is 12.1. The van der Waals surface area contributed by atoms with Crippen molar-refractivity contribution in [3.05, 3.63) is 81.1 Å². The van der Waals surface area contributed by atoms with Crippen molar-refractivity contribution in [2.75, 3.05) is 0 Å². The topological polar surface area (TPSA) is 40.1 Å². The molecule has 0 aromatic heterocycles. The molecule has 1 saturated carbocycles. The van der Waals surface area contributed by atoms with Crippen LogP contribution >= 0.6 is 0 Å². The Bertz CT molecular complexity index is 1160. The minimum absolute atomic E-state index is 0.0146. The number of carbonyl (C=O) groups excluding carboxylic acids is 1. The van der Waals surface area contributed by atoms with Crippen molar-refractivity contribution in [2.45, 2.75) is 67.7 Å². The first kappa shape index (κ1) is 23.5. The smallest absolute Gasteiger partial charge is 0.187 e. The predicted octanol–water partition coefficient (Wildman–Crippen LogP) is 6.87. The van der Waals surface area contributed by atoms with Gasteiger partial charge in [0.2, 0.25) is 0 Å². The molecule has 5 aliphatic rings. The molecule has 0 amide bonds. The number of aryl methyl sites for hydroxylation is 3. The van der Waals surface area contributed by atoms with Gasteiger partial charge in [-0.25, -0.2) is 0 Å². The number of Topliss-reactive ketones (excluding diaryl/α,β-unsaturated/α-hetero) is 1. The van der Waals surface area contributed by atoms with Crippen LogP contribution in [0.4, 0.5) is 0 Å². The molecule has 0 aliphatic heterocycles. The van der Waals surface area contributed by atoms with Gasteiger partial charge in [-0.15, -0.1) is 0 Å². The van der Waals surface area contributed by atoms with Gasteiger partial charge in [0, 0.05) is 5.57 Å². The van der Waals surface area contributed by atoms with Gasteiger partial charge in [0.1, 0.15) is 0 Å². The van der Waals surface area contributed by atoms with E-state index in [0.717, 1.165) is 11.5 Å². The Morgan fingerprint density at radius 3 is 2.24 bits per heavy atom. The van der Waals surface area contributed by atoms with Crippen LogP contribution in [0.1, 0.15) is 63.6 Å². The second-order valence-electron chi connectivity index (χ2n) is 10.8. The number of fused-ring (bicyclic) bond motifs is 2. The molecule has 174 valence electrons. The molecule has 0 spiro atoms. The third-order valence-corrected chi connectivity index (χ3v) is 8.18. The zero-order valence-corrected chi connectivity index (χ0v) is 21.2. The molecule has 0 saturated heterocycles. The van der Waals surface area contributed by atoms with Crippen LogP contribution in [0.2, 0.25) is 0 Å². The van der Waals surface area contributed by atoms with Crippen LogP contribution in [-0.4, -0.2) is 5.78 Å². The van der Waals surface area contributed by atoms with Crippen LogP contribution < -0.4 is 5.11 Å². The molecule has 2 heteroatoms. The fraction of sp³-hybridized carbons (Fsp3) is 0.452. The first-order valence-corrected chi connectivity index (χ1v) is 12.4. The Morgan fingerprint density at radius 2 is 1.55 bits per heavy atom. The lowest BCUT2D eigenvalue weighted by Crippen LogP contribution is -2.32. The SMILES string of the molecule is CC1=CC(=C2C(=O)C(C)=C2[O-])C2C(C)CCC(C)CC12.Cc1ccc(C)c2ccc(C)c-2c1. The lowest BCUT2D eigenvalue weighted by Gasteiger charge is -2.34. The summed E-state index contributed by atoms with van der Waals surface area (Å²) in [5.74, 6) is 2.18. The molecule has 0 radical (unpaired) electrons. The molecule has 0 heterocycles. The summed E-state index contributed by atoms with van der Waals surface area (Å²) in [4.78, 5) is 12.1. The number of allylic oxidation sites excluding steroid dienone is 5. The average Bonchev–Trinajstić information content (AvgIpc) is 3.18. The Kier molecular flexibility index (Phi) is 6.40. The van der Waals surface area contributed by atoms with Crippen LogP contribution in [0.25, 0.3) is 11.1 Å². The fourth-order valence-electron chi connectivity index (χ4n) is 6.04. The van der Waals surface area contributed by atoms with E-state index >= 15 is 0 Å². The number of ketones is 1. The van der Waals surface area contributed by atoms with E-state index in [9.17, 15) is 9.90 Å². The zero-order chi connectivity index (χ0) is 24.0. The molecule has 0 aromatic rings.